The maximum atomic E-state index is 11.9. The Bertz CT molecular complexity index is 598. The third kappa shape index (κ3) is 1.33. The van der Waals surface area contributed by atoms with E-state index in [1.165, 1.54) is 4.68 Å². The molecule has 4 heteroatoms. The monoisotopic (exact) mass is 201 g/mol. The molecule has 0 spiro atoms. The number of H-pyrrole nitrogens is 1. The fraction of sp³-hybridized carbons (Fsp3) is 0.273. The lowest BCUT2D eigenvalue weighted by Gasteiger charge is -2.03. The van der Waals surface area contributed by atoms with Crippen molar-refractivity contribution in [2.24, 2.45) is 0 Å². The maximum absolute atomic E-state index is 11.9. The van der Waals surface area contributed by atoms with E-state index in [9.17, 15) is 4.79 Å². The lowest BCUT2D eigenvalue weighted by molar-refractivity contribution is 0.522. The molecule has 0 aliphatic carbocycles. The number of nitrogens with one attached hydrogen (secondary N) is 1. The Balaban J connectivity index is 2.91. The predicted molar refractivity (Wildman–Crippen MR) is 57.7 cm³/mol. The summed E-state index contributed by atoms with van der Waals surface area (Å²) >= 11 is 0. The summed E-state index contributed by atoms with van der Waals surface area (Å²) < 4.78 is 1.53. The van der Waals surface area contributed by atoms with Crippen LogP contribution >= 0.6 is 0 Å². The van der Waals surface area contributed by atoms with Crippen LogP contribution in [0.25, 0.3) is 10.9 Å². The molecule has 1 heterocycles. The number of nitrogens with zero attached hydrogens (tertiary/aromatic N) is 2. The number of aromatic nitrogens is 2. The normalized spacial score (nSPS) is 10.8. The molecule has 1 aromatic heterocycles. The zero-order chi connectivity index (χ0) is 11.0. The summed E-state index contributed by atoms with van der Waals surface area (Å²) in [6.45, 7) is 3.84. The summed E-state index contributed by atoms with van der Waals surface area (Å²) in [4.78, 5) is 11.9. The van der Waals surface area contributed by atoms with Gasteiger partial charge < -0.3 is 0 Å². The van der Waals surface area contributed by atoms with Crippen LogP contribution < -0.4 is 5.56 Å². The van der Waals surface area contributed by atoms with Gasteiger partial charge in [0, 0.05) is 6.04 Å². The molecule has 4 nitrogen and oxygen atoms in total. The van der Waals surface area contributed by atoms with Crippen LogP contribution in [0, 0.1) is 11.3 Å². The van der Waals surface area contributed by atoms with Gasteiger partial charge in [0.25, 0.3) is 5.56 Å². The van der Waals surface area contributed by atoms with Gasteiger partial charge in [-0.3, -0.25) is 9.89 Å². The lowest BCUT2D eigenvalue weighted by atomic mass is 10.1. The van der Waals surface area contributed by atoms with Gasteiger partial charge in [0.2, 0.25) is 0 Å². The summed E-state index contributed by atoms with van der Waals surface area (Å²) in [7, 11) is 0. The van der Waals surface area contributed by atoms with Gasteiger partial charge in [-0.1, -0.05) is 6.07 Å². The van der Waals surface area contributed by atoms with E-state index in [1.807, 2.05) is 19.9 Å². The minimum Gasteiger partial charge on any atom is -0.295 e. The van der Waals surface area contributed by atoms with Crippen LogP contribution in [-0.4, -0.2) is 9.78 Å². The van der Waals surface area contributed by atoms with Crippen molar-refractivity contribution in [2.45, 2.75) is 19.9 Å². The first-order valence-corrected chi connectivity index (χ1v) is 4.78. The zero-order valence-corrected chi connectivity index (χ0v) is 8.61. The van der Waals surface area contributed by atoms with Gasteiger partial charge in [-0.15, -0.1) is 0 Å². The van der Waals surface area contributed by atoms with Crippen LogP contribution in [-0.2, 0) is 0 Å². The van der Waals surface area contributed by atoms with Crippen LogP contribution in [0.1, 0.15) is 25.5 Å². The second kappa shape index (κ2) is 3.28. The first kappa shape index (κ1) is 9.53. The highest BCUT2D eigenvalue weighted by Crippen LogP contribution is 2.13. The molecule has 0 bridgehead atoms. The summed E-state index contributed by atoms with van der Waals surface area (Å²) in [6.07, 6.45) is 0. The molecule has 0 fully saturated rings. The quantitative estimate of drug-likeness (QED) is 0.764. The van der Waals surface area contributed by atoms with Crippen molar-refractivity contribution in [2.75, 3.05) is 0 Å². The summed E-state index contributed by atoms with van der Waals surface area (Å²) in [6, 6.07) is 7.32. The van der Waals surface area contributed by atoms with Crippen LogP contribution in [0.4, 0.5) is 0 Å². The number of rotatable bonds is 1. The summed E-state index contributed by atoms with van der Waals surface area (Å²) in [5.74, 6) is 0. The minimum absolute atomic E-state index is 0.0662. The fourth-order valence-corrected chi connectivity index (χ4v) is 1.63. The Hall–Kier alpha value is -2.02. The van der Waals surface area contributed by atoms with Crippen molar-refractivity contribution in [3.8, 4) is 6.07 Å². The third-order valence-electron chi connectivity index (χ3n) is 2.37. The van der Waals surface area contributed by atoms with Gasteiger partial charge in [0.1, 0.15) is 6.07 Å². The van der Waals surface area contributed by atoms with Crippen molar-refractivity contribution < 1.29 is 0 Å². The predicted octanol–water partition coefficient (Wildman–Crippen LogP) is 1.78. The van der Waals surface area contributed by atoms with Crippen molar-refractivity contribution in [3.63, 3.8) is 0 Å². The van der Waals surface area contributed by atoms with Gasteiger partial charge in [0.05, 0.1) is 16.5 Å². The average Bonchev–Trinajstić information content (AvgIpc) is 2.56. The average molecular weight is 201 g/mol. The fourth-order valence-electron chi connectivity index (χ4n) is 1.63. The van der Waals surface area contributed by atoms with Gasteiger partial charge in [0.15, 0.2) is 0 Å². The number of benzene rings is 1. The second-order valence-electron chi connectivity index (χ2n) is 3.72. The smallest absolute Gasteiger partial charge is 0.275 e. The van der Waals surface area contributed by atoms with Crippen molar-refractivity contribution in [1.29, 1.82) is 5.26 Å². The van der Waals surface area contributed by atoms with Crippen LogP contribution in [0.5, 0.6) is 0 Å². The Labute approximate surface area is 86.7 Å². The molecular formula is C11H11N3O. The minimum atomic E-state index is -0.128. The Morgan fingerprint density at radius 3 is 2.80 bits per heavy atom. The second-order valence-corrected chi connectivity index (χ2v) is 3.72. The Morgan fingerprint density at radius 2 is 2.20 bits per heavy atom. The highest BCUT2D eigenvalue weighted by atomic mass is 16.1. The first-order chi connectivity index (χ1) is 7.15. The van der Waals surface area contributed by atoms with Crippen LogP contribution in [0.2, 0.25) is 0 Å². The molecule has 76 valence electrons. The number of fused-ring (bicyclic) bond motifs is 1. The molecule has 15 heavy (non-hydrogen) atoms. The molecule has 0 aliphatic heterocycles. The van der Waals surface area contributed by atoms with Crippen molar-refractivity contribution >= 4 is 10.9 Å². The molecule has 1 aromatic carbocycles. The maximum Gasteiger partial charge on any atom is 0.275 e. The van der Waals surface area contributed by atoms with E-state index in [4.69, 9.17) is 5.26 Å². The highest BCUT2D eigenvalue weighted by molar-refractivity contribution is 5.84. The molecule has 1 N–H and O–H groups in total. The van der Waals surface area contributed by atoms with E-state index < -0.39 is 0 Å². The Kier molecular flexibility index (Phi) is 2.09. The topological polar surface area (TPSA) is 61.6 Å². The van der Waals surface area contributed by atoms with E-state index in [-0.39, 0.29) is 11.6 Å². The third-order valence-corrected chi connectivity index (χ3v) is 2.37. The van der Waals surface area contributed by atoms with Crippen molar-refractivity contribution in [1.82, 2.24) is 9.78 Å². The SMILES string of the molecule is CC(C)n1[nH]c2cccc(C#N)c2c1=O. The van der Waals surface area contributed by atoms with Gasteiger partial charge in [-0.25, -0.2) is 4.68 Å². The first-order valence-electron chi connectivity index (χ1n) is 4.78. The standard InChI is InChI=1S/C11H11N3O/c1-7(2)14-11(15)10-8(6-12)4-3-5-9(10)13-14/h3-5,7,13H,1-2H3. The molecular weight excluding hydrogens is 190 g/mol. The molecule has 0 atom stereocenters. The zero-order valence-electron chi connectivity index (χ0n) is 8.61. The van der Waals surface area contributed by atoms with Crippen LogP contribution in [0.15, 0.2) is 23.0 Å². The van der Waals surface area contributed by atoms with Gasteiger partial charge >= 0.3 is 0 Å². The van der Waals surface area contributed by atoms with E-state index >= 15 is 0 Å². The molecule has 2 aromatic rings. The molecule has 0 saturated carbocycles. The van der Waals surface area contributed by atoms with Crippen LogP contribution in [0.3, 0.4) is 0 Å². The van der Waals surface area contributed by atoms with E-state index in [1.54, 1.807) is 18.2 Å². The van der Waals surface area contributed by atoms with E-state index in [0.717, 1.165) is 0 Å². The molecule has 0 saturated heterocycles. The van der Waals surface area contributed by atoms with Crippen molar-refractivity contribution in [3.05, 3.63) is 34.1 Å². The highest BCUT2D eigenvalue weighted by Gasteiger charge is 2.11. The van der Waals surface area contributed by atoms with E-state index in [0.29, 0.717) is 16.5 Å². The largest absolute Gasteiger partial charge is 0.295 e. The summed E-state index contributed by atoms with van der Waals surface area (Å²) in [5, 5.41) is 12.4. The lowest BCUT2D eigenvalue weighted by Crippen LogP contribution is -2.18. The molecule has 0 radical (unpaired) electrons. The van der Waals surface area contributed by atoms with Gasteiger partial charge in [-0.05, 0) is 26.0 Å². The molecule has 2 rings (SSSR count). The molecule has 0 unspecified atom stereocenters. The Morgan fingerprint density at radius 1 is 1.47 bits per heavy atom. The summed E-state index contributed by atoms with van der Waals surface area (Å²) in [5.41, 5.74) is 1.01. The van der Waals surface area contributed by atoms with E-state index in [2.05, 4.69) is 5.10 Å². The number of hydrogen-bond acceptors (Lipinski definition) is 2. The number of aromatic amines is 1. The van der Waals surface area contributed by atoms with Gasteiger partial charge in [-0.2, -0.15) is 5.26 Å². The molecule has 0 aliphatic rings. The molecule has 0 amide bonds. The number of nitriles is 1. The number of hydrogen-bond donors (Lipinski definition) is 1.